The van der Waals surface area contributed by atoms with Gasteiger partial charge in [-0.3, -0.25) is 0 Å². The minimum atomic E-state index is -4.75. The molecule has 0 N–H and O–H groups in total. The Balaban J connectivity index is 1.97. The van der Waals surface area contributed by atoms with Crippen LogP contribution in [0.25, 0.3) is 28.3 Å². The summed E-state index contributed by atoms with van der Waals surface area (Å²) in [6.45, 7) is 0. The van der Waals surface area contributed by atoms with Crippen LogP contribution in [0, 0.1) is 12.3 Å². The molecule has 0 unspecified atom stereocenters. The summed E-state index contributed by atoms with van der Waals surface area (Å²) in [6.07, 6.45) is 3.11. The number of hydrogen-bond acceptors (Lipinski definition) is 6. The van der Waals surface area contributed by atoms with Crippen molar-refractivity contribution in [1.82, 2.24) is 19.7 Å². The first-order valence-electron chi connectivity index (χ1n) is 8.92. The van der Waals surface area contributed by atoms with Gasteiger partial charge in [-0.05, 0) is 24.3 Å². The molecule has 0 bridgehead atoms. The normalized spacial score (nSPS) is 12.0. The molecule has 0 aliphatic carbocycles. The van der Waals surface area contributed by atoms with E-state index in [4.69, 9.17) is 6.42 Å². The molecular formula is C21H13F3N4O2S2. The van der Waals surface area contributed by atoms with Crippen LogP contribution >= 0.6 is 11.3 Å². The third kappa shape index (κ3) is 4.02. The zero-order chi connectivity index (χ0) is 23.1. The highest BCUT2D eigenvalue weighted by Gasteiger charge is 2.36. The summed E-state index contributed by atoms with van der Waals surface area (Å²) >= 11 is 1.38. The second-order valence-corrected chi connectivity index (χ2v) is 9.40. The first-order valence-corrected chi connectivity index (χ1v) is 11.8. The number of sulfone groups is 1. The summed E-state index contributed by atoms with van der Waals surface area (Å²) in [5, 5.41) is 5.43. The SMILES string of the molecule is C#Cc1cc(-c2cc(C(F)(F)F)nn2-c2ncccc2S(C)(=O)=O)ccc1-c1cscn1. The minimum Gasteiger partial charge on any atom is -0.245 e. The Kier molecular flexibility index (Phi) is 5.36. The van der Waals surface area contributed by atoms with Gasteiger partial charge < -0.3 is 0 Å². The molecule has 0 fully saturated rings. The van der Waals surface area contributed by atoms with E-state index in [2.05, 4.69) is 21.0 Å². The van der Waals surface area contributed by atoms with Crippen LogP contribution in [0.4, 0.5) is 13.2 Å². The van der Waals surface area contributed by atoms with Crippen LogP contribution in [0.3, 0.4) is 0 Å². The quantitative estimate of drug-likeness (QED) is 0.408. The van der Waals surface area contributed by atoms with Crippen molar-refractivity contribution in [3.8, 4) is 40.7 Å². The smallest absolute Gasteiger partial charge is 0.245 e. The molecule has 4 rings (SSSR count). The molecular weight excluding hydrogens is 461 g/mol. The molecule has 6 nitrogen and oxygen atoms in total. The topological polar surface area (TPSA) is 77.7 Å². The van der Waals surface area contributed by atoms with E-state index < -0.39 is 21.7 Å². The van der Waals surface area contributed by atoms with Gasteiger partial charge in [0.05, 0.1) is 16.9 Å². The maximum atomic E-state index is 13.5. The highest BCUT2D eigenvalue weighted by Crippen LogP contribution is 2.35. The number of alkyl halides is 3. The zero-order valence-corrected chi connectivity index (χ0v) is 18.0. The van der Waals surface area contributed by atoms with Crippen molar-refractivity contribution in [2.45, 2.75) is 11.1 Å². The van der Waals surface area contributed by atoms with E-state index >= 15 is 0 Å². The molecule has 3 aromatic heterocycles. The van der Waals surface area contributed by atoms with Gasteiger partial charge in [0, 0.05) is 34.5 Å². The molecule has 32 heavy (non-hydrogen) atoms. The van der Waals surface area contributed by atoms with Gasteiger partial charge >= 0.3 is 6.18 Å². The summed E-state index contributed by atoms with van der Waals surface area (Å²) < 4.78 is 65.8. The maximum absolute atomic E-state index is 13.5. The molecule has 1 aromatic carbocycles. The molecule has 162 valence electrons. The van der Waals surface area contributed by atoms with E-state index in [1.807, 2.05) is 0 Å². The summed E-state index contributed by atoms with van der Waals surface area (Å²) in [5.74, 6) is 2.28. The second kappa shape index (κ2) is 7.89. The molecule has 3 heterocycles. The third-order valence-corrected chi connectivity index (χ3v) is 6.23. The molecule has 11 heteroatoms. The third-order valence-electron chi connectivity index (χ3n) is 4.53. The van der Waals surface area contributed by atoms with Crippen molar-refractivity contribution in [2.24, 2.45) is 0 Å². The van der Waals surface area contributed by atoms with Crippen LogP contribution in [0.15, 0.2) is 58.4 Å². The molecule has 0 atom stereocenters. The van der Waals surface area contributed by atoms with Crippen molar-refractivity contribution in [3.63, 3.8) is 0 Å². The van der Waals surface area contributed by atoms with Gasteiger partial charge in [-0.2, -0.15) is 18.3 Å². The number of nitrogens with zero attached hydrogens (tertiary/aromatic N) is 4. The summed E-state index contributed by atoms with van der Waals surface area (Å²) in [5.41, 5.74) is 2.45. The van der Waals surface area contributed by atoms with Crippen LogP contribution in [0.1, 0.15) is 11.3 Å². The Hall–Kier alpha value is -3.49. The van der Waals surface area contributed by atoms with E-state index in [0.717, 1.165) is 17.0 Å². The van der Waals surface area contributed by atoms with E-state index in [1.165, 1.54) is 35.7 Å². The Labute approximate surface area is 185 Å². The molecule has 0 radical (unpaired) electrons. The molecule has 4 aromatic rings. The lowest BCUT2D eigenvalue weighted by Gasteiger charge is -2.11. The van der Waals surface area contributed by atoms with Crippen molar-refractivity contribution in [2.75, 3.05) is 6.26 Å². The van der Waals surface area contributed by atoms with Crippen LogP contribution in [-0.2, 0) is 16.0 Å². The van der Waals surface area contributed by atoms with Gasteiger partial charge in [0.15, 0.2) is 21.3 Å². The highest BCUT2D eigenvalue weighted by atomic mass is 32.2. The molecule has 0 saturated carbocycles. The summed E-state index contributed by atoms with van der Waals surface area (Å²) in [4.78, 5) is 7.97. The number of rotatable bonds is 4. The van der Waals surface area contributed by atoms with Crippen LogP contribution in [0.2, 0.25) is 0 Å². The van der Waals surface area contributed by atoms with Crippen molar-refractivity contribution >= 4 is 21.2 Å². The van der Waals surface area contributed by atoms with E-state index in [-0.39, 0.29) is 16.4 Å². The molecule has 0 aliphatic rings. The van der Waals surface area contributed by atoms with Crippen molar-refractivity contribution < 1.29 is 21.6 Å². The van der Waals surface area contributed by atoms with Gasteiger partial charge in [0.2, 0.25) is 0 Å². The predicted molar refractivity (Wildman–Crippen MR) is 114 cm³/mol. The van der Waals surface area contributed by atoms with Gasteiger partial charge in [0.25, 0.3) is 0 Å². The monoisotopic (exact) mass is 474 g/mol. The molecule has 0 amide bonds. The van der Waals surface area contributed by atoms with E-state index in [9.17, 15) is 21.6 Å². The maximum Gasteiger partial charge on any atom is 0.435 e. The fraction of sp³-hybridized carbons (Fsp3) is 0.0952. The largest absolute Gasteiger partial charge is 0.435 e. The number of thiazole rings is 1. The molecule has 0 spiro atoms. The zero-order valence-electron chi connectivity index (χ0n) is 16.3. The second-order valence-electron chi connectivity index (χ2n) is 6.70. The lowest BCUT2D eigenvalue weighted by molar-refractivity contribution is -0.141. The number of terminal acetylenes is 1. The number of halogens is 3. The average molecular weight is 474 g/mol. The minimum absolute atomic E-state index is 0.0118. The fourth-order valence-corrected chi connectivity index (χ4v) is 4.46. The Morgan fingerprint density at radius 3 is 2.56 bits per heavy atom. The standard InChI is InChI=1S/C21H13F3N4O2S2/c1-3-13-9-14(6-7-15(13)16-11-31-12-26-16)17-10-19(21(22,23)24)27-28(17)20-18(32(2,29)30)5-4-8-25-20/h1,4-12H,2H3. The molecule has 0 saturated heterocycles. The number of aromatic nitrogens is 4. The number of hydrogen-bond donors (Lipinski definition) is 0. The lowest BCUT2D eigenvalue weighted by atomic mass is 10.0. The van der Waals surface area contributed by atoms with Gasteiger partial charge in [0.1, 0.15) is 4.90 Å². The average Bonchev–Trinajstić information content (AvgIpc) is 3.42. The molecule has 0 aliphatic heterocycles. The van der Waals surface area contributed by atoms with E-state index in [1.54, 1.807) is 23.0 Å². The van der Waals surface area contributed by atoms with Gasteiger partial charge in [-0.1, -0.05) is 18.1 Å². The highest BCUT2D eigenvalue weighted by molar-refractivity contribution is 7.90. The first-order chi connectivity index (χ1) is 15.1. The van der Waals surface area contributed by atoms with Crippen LogP contribution in [0.5, 0.6) is 0 Å². The van der Waals surface area contributed by atoms with Gasteiger partial charge in [-0.25, -0.2) is 23.1 Å². The number of benzene rings is 1. The first kappa shape index (κ1) is 21.7. The Morgan fingerprint density at radius 1 is 1.16 bits per heavy atom. The number of pyridine rings is 1. The van der Waals surface area contributed by atoms with Crippen molar-refractivity contribution in [1.29, 1.82) is 0 Å². The Bertz CT molecular complexity index is 1450. The predicted octanol–water partition coefficient (Wildman–Crippen LogP) is 4.46. The lowest BCUT2D eigenvalue weighted by Crippen LogP contribution is -2.11. The van der Waals surface area contributed by atoms with Crippen LogP contribution < -0.4 is 0 Å². The summed E-state index contributed by atoms with van der Waals surface area (Å²) in [7, 11) is -3.80. The fourth-order valence-electron chi connectivity index (χ4n) is 3.11. The summed E-state index contributed by atoms with van der Waals surface area (Å²) in [6, 6.07) is 8.23. The van der Waals surface area contributed by atoms with Crippen LogP contribution in [-0.4, -0.2) is 34.4 Å². The van der Waals surface area contributed by atoms with E-state index in [0.29, 0.717) is 22.4 Å². The van der Waals surface area contributed by atoms with Gasteiger partial charge in [-0.15, -0.1) is 17.8 Å². The van der Waals surface area contributed by atoms with Crippen molar-refractivity contribution in [3.05, 3.63) is 64.7 Å². The Morgan fingerprint density at radius 2 is 1.94 bits per heavy atom.